The van der Waals surface area contributed by atoms with Crippen LogP contribution in [0.4, 0.5) is 0 Å². The fourth-order valence-electron chi connectivity index (χ4n) is 2.94. The van der Waals surface area contributed by atoms with Crippen molar-refractivity contribution >= 4 is 15.9 Å². The number of hydrogen-bond acceptors (Lipinski definition) is 5. The molecule has 27 heavy (non-hydrogen) atoms. The molecule has 1 aromatic rings. The lowest BCUT2D eigenvalue weighted by Crippen LogP contribution is -2.53. The number of amides is 1. The Morgan fingerprint density at radius 3 is 2.37 bits per heavy atom. The Balaban J connectivity index is 2.02. The predicted octanol–water partition coefficient (Wildman–Crippen LogP) is 1.37. The monoisotopic (exact) mass is 392 g/mol. The highest BCUT2D eigenvalue weighted by molar-refractivity contribution is 7.89. The number of aryl methyl sites for hydroxylation is 2. The van der Waals surface area contributed by atoms with Gasteiger partial charge in [-0.2, -0.15) is 9.57 Å². The Hall–Kier alpha value is -1.95. The smallest absolute Gasteiger partial charge is 0.243 e. The first-order valence-electron chi connectivity index (χ1n) is 8.96. The molecule has 1 aliphatic heterocycles. The van der Waals surface area contributed by atoms with Gasteiger partial charge in [0.1, 0.15) is 5.54 Å². The zero-order chi connectivity index (χ0) is 20.4. The Bertz CT molecular complexity index is 850. The van der Waals surface area contributed by atoms with Crippen molar-refractivity contribution in [3.63, 3.8) is 0 Å². The first kappa shape index (κ1) is 21.4. The summed E-state index contributed by atoms with van der Waals surface area (Å²) in [4.78, 5) is 16.1. The van der Waals surface area contributed by atoms with E-state index in [4.69, 9.17) is 5.26 Å². The standard InChI is InChI=1S/C19H28N4O3S/c1-15-6-7-16(2)17(12-15)27(25,26)23-10-8-22(9-11-23)13-18(24)21(5)19(3,4)14-20/h6-7,12H,8-11,13H2,1-5H3. The third-order valence-electron chi connectivity index (χ3n) is 5.14. The number of nitriles is 1. The quantitative estimate of drug-likeness (QED) is 0.756. The highest BCUT2D eigenvalue weighted by atomic mass is 32.2. The zero-order valence-corrected chi connectivity index (χ0v) is 17.5. The minimum Gasteiger partial charge on any atom is -0.326 e. The van der Waals surface area contributed by atoms with Crippen molar-refractivity contribution in [1.82, 2.24) is 14.1 Å². The minimum absolute atomic E-state index is 0.146. The second kappa shape index (κ2) is 7.97. The zero-order valence-electron chi connectivity index (χ0n) is 16.7. The molecule has 0 aromatic heterocycles. The second-order valence-corrected chi connectivity index (χ2v) is 9.48. The van der Waals surface area contributed by atoms with Gasteiger partial charge in [0.05, 0.1) is 17.5 Å². The van der Waals surface area contributed by atoms with Gasteiger partial charge in [-0.05, 0) is 44.9 Å². The molecule has 0 radical (unpaired) electrons. The number of carbonyl (C=O) groups is 1. The SMILES string of the molecule is Cc1ccc(C)c(S(=O)(=O)N2CCN(CC(=O)N(C)C(C)(C)C#N)CC2)c1. The molecule has 7 nitrogen and oxygen atoms in total. The molecule has 148 valence electrons. The molecule has 0 spiro atoms. The maximum atomic E-state index is 13.0. The maximum absolute atomic E-state index is 13.0. The van der Waals surface area contributed by atoms with E-state index < -0.39 is 15.6 Å². The molecular formula is C19H28N4O3S. The lowest BCUT2D eigenvalue weighted by Gasteiger charge is -2.36. The first-order valence-corrected chi connectivity index (χ1v) is 10.4. The summed E-state index contributed by atoms with van der Waals surface area (Å²) in [5, 5.41) is 9.16. The van der Waals surface area contributed by atoms with E-state index in [2.05, 4.69) is 6.07 Å². The molecule has 1 heterocycles. The van der Waals surface area contributed by atoms with Gasteiger partial charge in [-0.3, -0.25) is 9.69 Å². The van der Waals surface area contributed by atoms with Crippen molar-refractivity contribution in [3.05, 3.63) is 29.3 Å². The van der Waals surface area contributed by atoms with Gasteiger partial charge in [-0.25, -0.2) is 8.42 Å². The molecule has 0 aliphatic carbocycles. The van der Waals surface area contributed by atoms with Crippen LogP contribution < -0.4 is 0 Å². The number of benzene rings is 1. The Morgan fingerprint density at radius 2 is 1.81 bits per heavy atom. The van der Waals surface area contributed by atoms with Crippen LogP contribution in [0, 0.1) is 25.2 Å². The van der Waals surface area contributed by atoms with Crippen LogP contribution in [0.25, 0.3) is 0 Å². The van der Waals surface area contributed by atoms with Crippen molar-refractivity contribution in [1.29, 1.82) is 5.26 Å². The van der Waals surface area contributed by atoms with Crippen LogP contribution in [0.1, 0.15) is 25.0 Å². The van der Waals surface area contributed by atoms with E-state index in [-0.39, 0.29) is 12.5 Å². The summed E-state index contributed by atoms with van der Waals surface area (Å²) >= 11 is 0. The summed E-state index contributed by atoms with van der Waals surface area (Å²) < 4.78 is 27.4. The van der Waals surface area contributed by atoms with E-state index in [9.17, 15) is 13.2 Å². The van der Waals surface area contributed by atoms with Crippen LogP contribution in [0.5, 0.6) is 0 Å². The van der Waals surface area contributed by atoms with Gasteiger partial charge in [0.2, 0.25) is 15.9 Å². The van der Waals surface area contributed by atoms with Crippen molar-refractivity contribution in [3.8, 4) is 6.07 Å². The van der Waals surface area contributed by atoms with Gasteiger partial charge in [-0.1, -0.05) is 12.1 Å². The van der Waals surface area contributed by atoms with Crippen molar-refractivity contribution < 1.29 is 13.2 Å². The maximum Gasteiger partial charge on any atom is 0.243 e. The third kappa shape index (κ3) is 4.67. The van der Waals surface area contributed by atoms with Gasteiger partial charge in [0, 0.05) is 33.2 Å². The number of rotatable bonds is 5. The number of nitrogens with zero attached hydrogens (tertiary/aromatic N) is 4. The third-order valence-corrected chi connectivity index (χ3v) is 7.18. The summed E-state index contributed by atoms with van der Waals surface area (Å²) in [6.07, 6.45) is 0. The summed E-state index contributed by atoms with van der Waals surface area (Å²) in [7, 11) is -1.92. The lowest BCUT2D eigenvalue weighted by molar-refractivity contribution is -0.134. The van der Waals surface area contributed by atoms with Crippen LogP contribution in [-0.4, -0.2) is 73.7 Å². The Morgan fingerprint density at radius 1 is 1.22 bits per heavy atom. The number of likely N-dealkylation sites (N-methyl/N-ethyl adjacent to an activating group) is 1. The van der Waals surface area contributed by atoms with Crippen LogP contribution in [-0.2, 0) is 14.8 Å². The predicted molar refractivity (Wildman–Crippen MR) is 104 cm³/mol. The summed E-state index contributed by atoms with van der Waals surface area (Å²) in [5.41, 5.74) is 0.774. The molecular weight excluding hydrogens is 364 g/mol. The fraction of sp³-hybridized carbons (Fsp3) is 0.579. The molecule has 0 unspecified atom stereocenters. The molecule has 1 aliphatic rings. The average molecular weight is 393 g/mol. The normalized spacial score (nSPS) is 16.7. The van der Waals surface area contributed by atoms with E-state index in [0.717, 1.165) is 11.1 Å². The first-order chi connectivity index (χ1) is 12.5. The van der Waals surface area contributed by atoms with Crippen molar-refractivity contribution in [2.75, 3.05) is 39.8 Å². The molecule has 2 rings (SSSR count). The second-order valence-electron chi connectivity index (χ2n) is 7.57. The Kier molecular flexibility index (Phi) is 6.30. The topological polar surface area (TPSA) is 84.7 Å². The van der Waals surface area contributed by atoms with Crippen molar-refractivity contribution in [2.24, 2.45) is 0 Å². The van der Waals surface area contributed by atoms with E-state index in [1.807, 2.05) is 24.0 Å². The van der Waals surface area contributed by atoms with Gasteiger partial charge >= 0.3 is 0 Å². The average Bonchev–Trinajstić information content (AvgIpc) is 2.63. The molecule has 0 atom stereocenters. The number of hydrogen-bond donors (Lipinski definition) is 0. The van der Waals surface area contributed by atoms with Gasteiger partial charge in [0.15, 0.2) is 0 Å². The lowest BCUT2D eigenvalue weighted by atomic mass is 10.1. The molecule has 1 saturated heterocycles. The largest absolute Gasteiger partial charge is 0.326 e. The highest BCUT2D eigenvalue weighted by Crippen LogP contribution is 2.22. The summed E-state index contributed by atoms with van der Waals surface area (Å²) in [6.45, 7) is 8.89. The molecule has 1 amide bonds. The van der Waals surface area contributed by atoms with Crippen LogP contribution >= 0.6 is 0 Å². The van der Waals surface area contributed by atoms with Crippen LogP contribution in [0.3, 0.4) is 0 Å². The van der Waals surface area contributed by atoms with Crippen LogP contribution in [0.2, 0.25) is 0 Å². The highest BCUT2D eigenvalue weighted by Gasteiger charge is 2.32. The van der Waals surface area contributed by atoms with Crippen molar-refractivity contribution in [2.45, 2.75) is 38.1 Å². The molecule has 0 saturated carbocycles. The van der Waals surface area contributed by atoms with Gasteiger partial charge < -0.3 is 4.90 Å². The molecule has 8 heteroatoms. The molecule has 0 N–H and O–H groups in total. The molecule has 1 fully saturated rings. The van der Waals surface area contributed by atoms with E-state index >= 15 is 0 Å². The number of piperazine rings is 1. The summed E-state index contributed by atoms with van der Waals surface area (Å²) in [5.74, 6) is -0.146. The molecule has 0 bridgehead atoms. The van der Waals surface area contributed by atoms with Crippen LogP contribution in [0.15, 0.2) is 23.1 Å². The fourth-order valence-corrected chi connectivity index (χ4v) is 4.67. The van der Waals surface area contributed by atoms with E-state index in [0.29, 0.717) is 31.1 Å². The number of carbonyl (C=O) groups excluding carboxylic acids is 1. The minimum atomic E-state index is -3.54. The number of sulfonamides is 1. The van der Waals surface area contributed by atoms with Gasteiger partial charge in [0.25, 0.3) is 0 Å². The Labute approximate surface area is 162 Å². The molecule has 1 aromatic carbocycles. The van der Waals surface area contributed by atoms with E-state index in [1.54, 1.807) is 33.9 Å². The van der Waals surface area contributed by atoms with Gasteiger partial charge in [-0.15, -0.1) is 0 Å². The summed E-state index contributed by atoms with van der Waals surface area (Å²) in [6, 6.07) is 7.54. The van der Waals surface area contributed by atoms with E-state index in [1.165, 1.54) is 9.21 Å².